The molecule has 1 rings (SSSR count). The van der Waals surface area contributed by atoms with Gasteiger partial charge in [-0.15, -0.1) is 11.8 Å². The van der Waals surface area contributed by atoms with Crippen molar-refractivity contribution in [2.45, 2.75) is 4.90 Å². The molecule has 0 radical (unpaired) electrons. The molecule has 0 amide bonds. The van der Waals surface area contributed by atoms with E-state index in [0.717, 1.165) is 6.20 Å². The smallest absolute Gasteiger partial charge is 0.215 e. The summed E-state index contributed by atoms with van der Waals surface area (Å²) >= 11 is 1.24. The average Bonchev–Trinajstić information content (AvgIpc) is 2.04. The van der Waals surface area contributed by atoms with E-state index in [1.165, 1.54) is 11.8 Å². The van der Waals surface area contributed by atoms with Gasteiger partial charge in [0.05, 0.1) is 11.1 Å². The van der Waals surface area contributed by atoms with E-state index in [1.807, 2.05) is 6.07 Å². The lowest BCUT2D eigenvalue weighted by atomic mass is 10.4. The Labute approximate surface area is 67.2 Å². The summed E-state index contributed by atoms with van der Waals surface area (Å²) in [5.74, 6) is 0. The van der Waals surface area contributed by atoms with Crippen molar-refractivity contribution in [2.24, 2.45) is 0 Å². The van der Waals surface area contributed by atoms with Crippen LogP contribution < -0.4 is 5.43 Å². The summed E-state index contributed by atoms with van der Waals surface area (Å²) in [4.78, 5) is 11.4. The molecule has 5 heteroatoms. The van der Waals surface area contributed by atoms with E-state index in [9.17, 15) is 4.79 Å². The molecule has 11 heavy (non-hydrogen) atoms. The molecule has 0 unspecified atom stereocenters. The SMILES string of the molecule is CSc1c(C#N)[nH]ncc1=O. The highest BCUT2D eigenvalue weighted by molar-refractivity contribution is 7.98. The van der Waals surface area contributed by atoms with Gasteiger partial charge in [0.25, 0.3) is 0 Å². The molecular weight excluding hydrogens is 162 g/mol. The van der Waals surface area contributed by atoms with Crippen LogP contribution in [0.4, 0.5) is 0 Å². The van der Waals surface area contributed by atoms with Crippen molar-refractivity contribution in [3.05, 3.63) is 22.1 Å². The molecule has 4 nitrogen and oxygen atoms in total. The molecule has 0 aromatic carbocycles. The fraction of sp³-hybridized carbons (Fsp3) is 0.167. The molecule has 0 spiro atoms. The first-order valence-electron chi connectivity index (χ1n) is 2.81. The van der Waals surface area contributed by atoms with Crippen molar-refractivity contribution in [2.75, 3.05) is 6.26 Å². The molecule has 0 saturated carbocycles. The molecule has 0 bridgehead atoms. The predicted molar refractivity (Wildman–Crippen MR) is 41.4 cm³/mol. The van der Waals surface area contributed by atoms with E-state index >= 15 is 0 Å². The fourth-order valence-corrected chi connectivity index (χ4v) is 1.22. The van der Waals surface area contributed by atoms with Crippen LogP contribution in [0.15, 0.2) is 15.9 Å². The zero-order valence-electron chi connectivity index (χ0n) is 5.79. The van der Waals surface area contributed by atoms with Gasteiger partial charge < -0.3 is 0 Å². The molecule has 0 aliphatic heterocycles. The average molecular weight is 167 g/mol. The summed E-state index contributed by atoms with van der Waals surface area (Å²) < 4.78 is 0. The highest BCUT2D eigenvalue weighted by Gasteiger charge is 2.03. The standard InChI is InChI=1S/C6H5N3OS/c1-11-6-4(2-7)9-8-3-5(6)10/h3H,1H3,(H,9,10). The van der Waals surface area contributed by atoms with Crippen LogP contribution in [0.25, 0.3) is 0 Å². The number of hydrogen-bond donors (Lipinski definition) is 1. The predicted octanol–water partition coefficient (Wildman–Crippen LogP) is 0.363. The number of aromatic amines is 1. The Morgan fingerprint density at radius 1 is 1.82 bits per heavy atom. The number of nitrogens with one attached hydrogen (secondary N) is 1. The largest absolute Gasteiger partial charge is 0.287 e. The number of nitrogens with zero attached hydrogens (tertiary/aromatic N) is 2. The van der Waals surface area contributed by atoms with E-state index in [-0.39, 0.29) is 11.1 Å². The van der Waals surface area contributed by atoms with Crippen LogP contribution in [0.2, 0.25) is 0 Å². The van der Waals surface area contributed by atoms with E-state index in [2.05, 4.69) is 10.2 Å². The minimum absolute atomic E-state index is 0.215. The molecule has 1 aromatic rings. The van der Waals surface area contributed by atoms with Crippen molar-refractivity contribution < 1.29 is 0 Å². The normalized spacial score (nSPS) is 9.09. The molecular formula is C6H5N3OS. The summed E-state index contributed by atoms with van der Waals surface area (Å²) in [6.45, 7) is 0. The molecule has 56 valence electrons. The van der Waals surface area contributed by atoms with Crippen molar-refractivity contribution in [1.82, 2.24) is 10.2 Å². The van der Waals surface area contributed by atoms with Crippen molar-refractivity contribution in [3.63, 3.8) is 0 Å². The van der Waals surface area contributed by atoms with E-state index in [4.69, 9.17) is 5.26 Å². The minimum atomic E-state index is -0.215. The first-order chi connectivity index (χ1) is 5.29. The second-order valence-electron chi connectivity index (χ2n) is 1.75. The van der Waals surface area contributed by atoms with Gasteiger partial charge in [-0.3, -0.25) is 9.89 Å². The maximum Gasteiger partial charge on any atom is 0.215 e. The maximum atomic E-state index is 11.0. The third-order valence-electron chi connectivity index (χ3n) is 1.12. The Morgan fingerprint density at radius 3 is 3.00 bits per heavy atom. The van der Waals surface area contributed by atoms with Gasteiger partial charge >= 0.3 is 0 Å². The summed E-state index contributed by atoms with van der Waals surface area (Å²) in [7, 11) is 0. The zero-order chi connectivity index (χ0) is 8.27. The van der Waals surface area contributed by atoms with Crippen LogP contribution in [0.5, 0.6) is 0 Å². The molecule has 0 saturated heterocycles. The van der Waals surface area contributed by atoms with E-state index in [0.29, 0.717) is 4.90 Å². The topological polar surface area (TPSA) is 69.5 Å². The summed E-state index contributed by atoms with van der Waals surface area (Å²) in [6.07, 6.45) is 2.90. The summed E-state index contributed by atoms with van der Waals surface area (Å²) in [6, 6.07) is 1.85. The third-order valence-corrected chi connectivity index (χ3v) is 1.94. The first-order valence-corrected chi connectivity index (χ1v) is 4.04. The second kappa shape index (κ2) is 3.21. The van der Waals surface area contributed by atoms with Crippen molar-refractivity contribution in [1.29, 1.82) is 5.26 Å². The summed E-state index contributed by atoms with van der Waals surface area (Å²) in [5.41, 5.74) is 0.0119. The molecule has 0 aliphatic rings. The van der Waals surface area contributed by atoms with Gasteiger partial charge in [0.15, 0.2) is 5.69 Å². The van der Waals surface area contributed by atoms with Crippen LogP contribution in [0, 0.1) is 11.3 Å². The number of aromatic nitrogens is 2. The number of hydrogen-bond acceptors (Lipinski definition) is 4. The van der Waals surface area contributed by atoms with Gasteiger partial charge in [-0.2, -0.15) is 10.4 Å². The van der Waals surface area contributed by atoms with Gasteiger partial charge in [-0.05, 0) is 6.26 Å². The zero-order valence-corrected chi connectivity index (χ0v) is 6.60. The number of H-pyrrole nitrogens is 1. The highest BCUT2D eigenvalue weighted by atomic mass is 32.2. The molecule has 0 fully saturated rings. The number of rotatable bonds is 1. The quantitative estimate of drug-likeness (QED) is 0.613. The minimum Gasteiger partial charge on any atom is -0.287 e. The van der Waals surface area contributed by atoms with Gasteiger partial charge in [0.2, 0.25) is 5.43 Å². The second-order valence-corrected chi connectivity index (χ2v) is 2.57. The lowest BCUT2D eigenvalue weighted by Gasteiger charge is -1.94. The van der Waals surface area contributed by atoms with Crippen LogP contribution in [-0.2, 0) is 0 Å². The number of thioether (sulfide) groups is 1. The molecule has 1 aromatic heterocycles. The third kappa shape index (κ3) is 1.41. The van der Waals surface area contributed by atoms with Crippen LogP contribution in [0.1, 0.15) is 5.69 Å². The van der Waals surface area contributed by atoms with E-state index in [1.54, 1.807) is 6.26 Å². The van der Waals surface area contributed by atoms with Crippen molar-refractivity contribution >= 4 is 11.8 Å². The molecule has 1 heterocycles. The lowest BCUT2D eigenvalue weighted by Crippen LogP contribution is -2.07. The Kier molecular flexibility index (Phi) is 2.28. The van der Waals surface area contributed by atoms with Crippen LogP contribution in [0.3, 0.4) is 0 Å². The molecule has 0 atom stereocenters. The molecule has 0 aliphatic carbocycles. The maximum absolute atomic E-state index is 11.0. The Bertz CT molecular complexity index is 352. The van der Waals surface area contributed by atoms with Gasteiger partial charge in [0, 0.05) is 0 Å². The number of nitriles is 1. The van der Waals surface area contributed by atoms with Crippen LogP contribution in [-0.4, -0.2) is 16.5 Å². The monoisotopic (exact) mass is 167 g/mol. The van der Waals surface area contributed by atoms with Crippen molar-refractivity contribution in [3.8, 4) is 6.07 Å². The van der Waals surface area contributed by atoms with Crippen LogP contribution >= 0.6 is 11.8 Å². The Morgan fingerprint density at radius 2 is 2.55 bits per heavy atom. The Hall–Kier alpha value is -1.28. The fourth-order valence-electron chi connectivity index (χ4n) is 0.666. The van der Waals surface area contributed by atoms with Gasteiger partial charge in [0.1, 0.15) is 6.07 Å². The Balaban J connectivity index is 3.39. The first kappa shape index (κ1) is 7.82. The van der Waals surface area contributed by atoms with Gasteiger partial charge in [-0.1, -0.05) is 0 Å². The summed E-state index contributed by atoms with van der Waals surface area (Å²) in [5, 5.41) is 14.4. The lowest BCUT2D eigenvalue weighted by molar-refractivity contribution is 0.953. The highest BCUT2D eigenvalue weighted by Crippen LogP contribution is 2.10. The van der Waals surface area contributed by atoms with E-state index < -0.39 is 0 Å². The molecule has 1 N–H and O–H groups in total. The van der Waals surface area contributed by atoms with Gasteiger partial charge in [-0.25, -0.2) is 0 Å².